The predicted octanol–water partition coefficient (Wildman–Crippen LogP) is 8.72. The van der Waals surface area contributed by atoms with Crippen LogP contribution in [0.15, 0.2) is 84.9 Å². The fourth-order valence-corrected chi connectivity index (χ4v) is 6.33. The maximum atomic E-state index is 6.73. The van der Waals surface area contributed by atoms with Crippen molar-refractivity contribution in [3.8, 4) is 0 Å². The summed E-state index contributed by atoms with van der Waals surface area (Å²) < 4.78 is 2.34. The molecule has 0 aliphatic rings. The Labute approximate surface area is 181 Å². The summed E-state index contributed by atoms with van der Waals surface area (Å²) in [7, 11) is 0. The van der Waals surface area contributed by atoms with Gasteiger partial charge in [0.05, 0.1) is 10.2 Å². The van der Waals surface area contributed by atoms with Gasteiger partial charge in [0.2, 0.25) is 0 Å². The minimum atomic E-state index is 0.586. The van der Waals surface area contributed by atoms with Crippen molar-refractivity contribution in [3.05, 3.63) is 90.1 Å². The van der Waals surface area contributed by atoms with Crippen molar-refractivity contribution in [2.75, 3.05) is 0 Å². The van der Waals surface area contributed by atoms with Crippen LogP contribution in [-0.2, 0) is 0 Å². The lowest BCUT2D eigenvalue weighted by Crippen LogP contribution is -1.86. The molecule has 7 rings (SSSR count). The number of benzene rings is 5. The van der Waals surface area contributed by atoms with Crippen molar-refractivity contribution in [3.63, 3.8) is 0 Å². The Morgan fingerprint density at radius 2 is 1.20 bits per heavy atom. The van der Waals surface area contributed by atoms with E-state index in [1.54, 1.807) is 11.3 Å². The molecule has 0 amide bonds. The van der Waals surface area contributed by atoms with Crippen molar-refractivity contribution in [1.29, 1.82) is 0 Å². The first kappa shape index (κ1) is 16.6. The zero-order chi connectivity index (χ0) is 19.8. The highest BCUT2D eigenvalue weighted by molar-refractivity contribution is 7.27. The standard InChI is InChI=1S/C27H14ClNS/c28-27-26-23(20-13-11-16-6-2-4-8-19(16)25(20)30-26)24-21(29-27)14-12-17-10-9-15-5-1-3-7-18(15)22(17)24/h1-14H. The van der Waals surface area contributed by atoms with Crippen LogP contribution in [0.25, 0.3) is 63.4 Å². The van der Waals surface area contributed by atoms with Crippen molar-refractivity contribution < 1.29 is 0 Å². The Balaban J connectivity index is 1.85. The smallest absolute Gasteiger partial charge is 0.147 e. The predicted molar refractivity (Wildman–Crippen MR) is 132 cm³/mol. The van der Waals surface area contributed by atoms with Crippen LogP contribution in [0.1, 0.15) is 0 Å². The lowest BCUT2D eigenvalue weighted by molar-refractivity contribution is 1.46. The second-order valence-electron chi connectivity index (χ2n) is 7.72. The highest BCUT2D eigenvalue weighted by Crippen LogP contribution is 2.46. The highest BCUT2D eigenvalue weighted by atomic mass is 35.5. The zero-order valence-corrected chi connectivity index (χ0v) is 17.4. The van der Waals surface area contributed by atoms with E-state index in [9.17, 15) is 0 Å². The average molecular weight is 420 g/mol. The van der Waals surface area contributed by atoms with Gasteiger partial charge in [-0.15, -0.1) is 11.3 Å². The van der Waals surface area contributed by atoms with E-state index in [1.165, 1.54) is 53.2 Å². The van der Waals surface area contributed by atoms with Crippen LogP contribution in [0.2, 0.25) is 5.15 Å². The molecular formula is C27H14ClNS. The van der Waals surface area contributed by atoms with E-state index >= 15 is 0 Å². The quantitative estimate of drug-likeness (QED) is 0.177. The van der Waals surface area contributed by atoms with Gasteiger partial charge in [0, 0.05) is 20.9 Å². The van der Waals surface area contributed by atoms with Gasteiger partial charge in [-0.2, -0.15) is 0 Å². The van der Waals surface area contributed by atoms with Crippen LogP contribution < -0.4 is 0 Å². The monoisotopic (exact) mass is 419 g/mol. The summed E-state index contributed by atoms with van der Waals surface area (Å²) in [4.78, 5) is 4.81. The molecular weight excluding hydrogens is 406 g/mol. The molecule has 0 aliphatic carbocycles. The third-order valence-corrected chi connectivity index (χ3v) is 7.76. The van der Waals surface area contributed by atoms with Gasteiger partial charge in [-0.25, -0.2) is 4.98 Å². The summed E-state index contributed by atoms with van der Waals surface area (Å²) in [6, 6.07) is 30.3. The summed E-state index contributed by atoms with van der Waals surface area (Å²) in [5.74, 6) is 0. The van der Waals surface area contributed by atoms with Crippen molar-refractivity contribution in [2.45, 2.75) is 0 Å². The Morgan fingerprint density at radius 3 is 2.07 bits per heavy atom. The summed E-state index contributed by atoms with van der Waals surface area (Å²) in [6.07, 6.45) is 0. The van der Waals surface area contributed by atoms with E-state index < -0.39 is 0 Å². The number of rotatable bonds is 0. The molecule has 140 valence electrons. The SMILES string of the molecule is Clc1nc2ccc3ccc4ccccc4c3c2c2c1sc1c3ccccc3ccc12. The highest BCUT2D eigenvalue weighted by Gasteiger charge is 2.18. The number of hydrogen-bond acceptors (Lipinski definition) is 2. The largest absolute Gasteiger partial charge is 0.235 e. The summed E-state index contributed by atoms with van der Waals surface area (Å²) >= 11 is 8.48. The van der Waals surface area contributed by atoms with Gasteiger partial charge < -0.3 is 0 Å². The molecule has 0 spiro atoms. The molecule has 0 radical (unpaired) electrons. The Bertz CT molecular complexity index is 1810. The van der Waals surface area contributed by atoms with Gasteiger partial charge in [-0.05, 0) is 38.4 Å². The number of nitrogens with zero attached hydrogens (tertiary/aromatic N) is 1. The molecule has 0 saturated heterocycles. The molecule has 2 aromatic heterocycles. The molecule has 30 heavy (non-hydrogen) atoms. The lowest BCUT2D eigenvalue weighted by Gasteiger charge is -2.10. The fourth-order valence-electron chi connectivity index (χ4n) is 4.81. The number of aromatic nitrogens is 1. The average Bonchev–Trinajstić information content (AvgIpc) is 3.19. The number of pyridine rings is 1. The number of hydrogen-bond donors (Lipinski definition) is 0. The molecule has 0 N–H and O–H groups in total. The molecule has 7 aromatic rings. The van der Waals surface area contributed by atoms with Gasteiger partial charge in [-0.1, -0.05) is 90.5 Å². The van der Waals surface area contributed by atoms with Gasteiger partial charge in [0.1, 0.15) is 5.15 Å². The van der Waals surface area contributed by atoms with Crippen LogP contribution in [0.5, 0.6) is 0 Å². The van der Waals surface area contributed by atoms with Gasteiger partial charge in [0.25, 0.3) is 0 Å². The molecule has 0 unspecified atom stereocenters. The van der Waals surface area contributed by atoms with Crippen LogP contribution in [0.3, 0.4) is 0 Å². The van der Waals surface area contributed by atoms with Crippen LogP contribution in [0.4, 0.5) is 0 Å². The van der Waals surface area contributed by atoms with E-state index in [0.29, 0.717) is 5.15 Å². The van der Waals surface area contributed by atoms with E-state index in [4.69, 9.17) is 16.6 Å². The topological polar surface area (TPSA) is 12.9 Å². The van der Waals surface area contributed by atoms with E-state index in [-0.39, 0.29) is 0 Å². The molecule has 0 fully saturated rings. The minimum absolute atomic E-state index is 0.586. The third kappa shape index (κ3) is 2.10. The first-order valence-corrected chi connectivity index (χ1v) is 11.1. The van der Waals surface area contributed by atoms with Crippen LogP contribution in [0, 0.1) is 0 Å². The van der Waals surface area contributed by atoms with Crippen molar-refractivity contribution in [1.82, 2.24) is 4.98 Å². The van der Waals surface area contributed by atoms with Crippen molar-refractivity contribution >= 4 is 86.3 Å². The second kappa shape index (κ2) is 5.91. The van der Waals surface area contributed by atoms with Gasteiger partial charge in [-0.3, -0.25) is 0 Å². The number of thiophene rings is 1. The van der Waals surface area contributed by atoms with E-state index in [2.05, 4.69) is 84.9 Å². The molecule has 5 aromatic carbocycles. The van der Waals surface area contributed by atoms with Crippen LogP contribution >= 0.6 is 22.9 Å². The summed E-state index contributed by atoms with van der Waals surface area (Å²) in [5, 5.41) is 11.8. The maximum absolute atomic E-state index is 6.73. The molecule has 1 nitrogen and oxygen atoms in total. The van der Waals surface area contributed by atoms with Crippen LogP contribution in [-0.4, -0.2) is 4.98 Å². The zero-order valence-electron chi connectivity index (χ0n) is 15.8. The molecule has 2 heterocycles. The lowest BCUT2D eigenvalue weighted by atomic mass is 9.95. The Hall–Kier alpha value is -3.20. The normalized spacial score (nSPS) is 12.2. The molecule has 3 heteroatoms. The third-order valence-electron chi connectivity index (χ3n) is 6.12. The minimum Gasteiger partial charge on any atom is -0.235 e. The summed E-state index contributed by atoms with van der Waals surface area (Å²) in [5.41, 5.74) is 0.948. The Kier molecular flexibility index (Phi) is 3.27. The van der Waals surface area contributed by atoms with E-state index in [1.807, 2.05) is 0 Å². The number of halogens is 1. The molecule has 0 aliphatic heterocycles. The fraction of sp³-hybridized carbons (Fsp3) is 0. The molecule has 0 bridgehead atoms. The first-order chi connectivity index (χ1) is 14.8. The molecule has 0 saturated carbocycles. The summed E-state index contributed by atoms with van der Waals surface area (Å²) in [6.45, 7) is 0. The van der Waals surface area contributed by atoms with Gasteiger partial charge in [0.15, 0.2) is 0 Å². The second-order valence-corrected chi connectivity index (χ2v) is 9.10. The number of fused-ring (bicyclic) bond motifs is 11. The maximum Gasteiger partial charge on any atom is 0.147 e. The first-order valence-electron chi connectivity index (χ1n) is 9.93. The molecule has 0 atom stereocenters. The van der Waals surface area contributed by atoms with Crippen molar-refractivity contribution in [2.24, 2.45) is 0 Å². The van der Waals surface area contributed by atoms with Gasteiger partial charge >= 0.3 is 0 Å². The Morgan fingerprint density at radius 1 is 0.533 bits per heavy atom. The van der Waals surface area contributed by atoms with E-state index in [0.717, 1.165) is 10.2 Å².